The van der Waals surface area contributed by atoms with E-state index in [1.807, 2.05) is 0 Å². The summed E-state index contributed by atoms with van der Waals surface area (Å²) in [5, 5.41) is 0. The maximum absolute atomic E-state index is 12.8. The number of rotatable bonds is 45. The van der Waals surface area contributed by atoms with E-state index in [0.29, 0.717) is 19.3 Å². The minimum absolute atomic E-state index is 0.116. The third-order valence-corrected chi connectivity index (χ3v) is 10.4. The summed E-state index contributed by atoms with van der Waals surface area (Å²) in [6, 6.07) is 0. The second-order valence-corrected chi connectivity index (χ2v) is 16.7. The number of carbonyl (C=O) groups excluding carboxylic acids is 3. The average Bonchev–Trinajstić information content (AvgIpc) is 3.30. The van der Waals surface area contributed by atoms with E-state index in [9.17, 15) is 14.4 Å². The average molecular weight is 899 g/mol. The van der Waals surface area contributed by atoms with Crippen molar-refractivity contribution in [2.45, 2.75) is 219 Å². The Hall–Kier alpha value is -4.19. The molecule has 0 spiro atoms. The van der Waals surface area contributed by atoms with E-state index in [1.165, 1.54) is 38.5 Å². The summed E-state index contributed by atoms with van der Waals surface area (Å²) in [5.74, 6) is -1.02. The zero-order valence-electron chi connectivity index (χ0n) is 41.7. The molecule has 0 aliphatic rings. The molecule has 6 heteroatoms. The van der Waals surface area contributed by atoms with E-state index in [2.05, 4.69) is 142 Å². The molecule has 0 aliphatic carbocycles. The minimum atomic E-state index is -0.824. The first-order chi connectivity index (χ1) is 32.0. The maximum atomic E-state index is 12.8. The molecule has 0 aromatic rings. The van der Waals surface area contributed by atoms with E-state index in [0.717, 1.165) is 128 Å². The van der Waals surface area contributed by atoms with Gasteiger partial charge in [0, 0.05) is 19.3 Å². The number of hydrogen-bond acceptors (Lipinski definition) is 6. The van der Waals surface area contributed by atoms with Crippen molar-refractivity contribution < 1.29 is 28.6 Å². The number of allylic oxidation sites excluding steroid dienone is 20. The normalized spacial score (nSPS) is 13.1. The topological polar surface area (TPSA) is 78.9 Å². The van der Waals surface area contributed by atoms with Crippen molar-refractivity contribution in [3.8, 4) is 0 Å². The van der Waals surface area contributed by atoms with Gasteiger partial charge >= 0.3 is 17.9 Å². The molecule has 366 valence electrons. The van der Waals surface area contributed by atoms with Gasteiger partial charge in [0.15, 0.2) is 6.10 Å². The van der Waals surface area contributed by atoms with Gasteiger partial charge in [0.25, 0.3) is 0 Å². The van der Waals surface area contributed by atoms with Crippen LogP contribution in [-0.4, -0.2) is 37.2 Å². The molecule has 0 amide bonds. The Morgan fingerprint density at radius 2 is 0.615 bits per heavy atom. The van der Waals surface area contributed by atoms with Crippen molar-refractivity contribution in [2.24, 2.45) is 0 Å². The molecule has 0 fully saturated rings. The minimum Gasteiger partial charge on any atom is -0.462 e. The van der Waals surface area contributed by atoms with Crippen molar-refractivity contribution in [2.75, 3.05) is 13.2 Å². The zero-order chi connectivity index (χ0) is 47.2. The van der Waals surface area contributed by atoms with E-state index >= 15 is 0 Å². The molecule has 0 aliphatic heterocycles. The molecule has 0 aromatic carbocycles. The van der Waals surface area contributed by atoms with Crippen LogP contribution >= 0.6 is 0 Å². The molecule has 0 rings (SSSR count). The maximum Gasteiger partial charge on any atom is 0.306 e. The van der Waals surface area contributed by atoms with Crippen molar-refractivity contribution in [3.63, 3.8) is 0 Å². The van der Waals surface area contributed by atoms with Gasteiger partial charge in [-0.15, -0.1) is 0 Å². The SMILES string of the molecule is CC/C=C\C/C=C\C/C=C\C/C=C\C/C=C\CCCC(=O)O[C@H](COC(=O)CCCCCC/C=C\C/C=C\C/C=C\C/C=C\CC)COC(=O)CCCCCCC/C=C\CCCCCC. The molecule has 0 heterocycles. The summed E-state index contributed by atoms with van der Waals surface area (Å²) in [6.45, 7) is 6.30. The first-order valence-electron chi connectivity index (χ1n) is 26.0. The van der Waals surface area contributed by atoms with Crippen molar-refractivity contribution >= 4 is 17.9 Å². The Morgan fingerprint density at radius 1 is 0.323 bits per heavy atom. The van der Waals surface area contributed by atoms with Gasteiger partial charge < -0.3 is 14.2 Å². The van der Waals surface area contributed by atoms with Crippen LogP contribution in [0.15, 0.2) is 122 Å². The van der Waals surface area contributed by atoms with Gasteiger partial charge in [0.05, 0.1) is 0 Å². The second kappa shape index (κ2) is 52.4. The Morgan fingerprint density at radius 3 is 1.00 bits per heavy atom. The summed E-state index contributed by atoms with van der Waals surface area (Å²) in [7, 11) is 0. The molecule has 0 unspecified atom stereocenters. The van der Waals surface area contributed by atoms with Crippen LogP contribution in [0.1, 0.15) is 213 Å². The summed E-state index contributed by atoms with van der Waals surface area (Å²) in [6.07, 6.45) is 71.8. The molecule has 0 bridgehead atoms. The summed E-state index contributed by atoms with van der Waals surface area (Å²) < 4.78 is 16.7. The monoisotopic (exact) mass is 899 g/mol. The molecule has 0 saturated heterocycles. The van der Waals surface area contributed by atoms with Crippen LogP contribution in [0.25, 0.3) is 0 Å². The van der Waals surface area contributed by atoms with Crippen molar-refractivity contribution in [1.82, 2.24) is 0 Å². The predicted octanol–water partition coefficient (Wildman–Crippen LogP) is 17.3. The van der Waals surface area contributed by atoms with Crippen LogP contribution in [0.3, 0.4) is 0 Å². The highest BCUT2D eigenvalue weighted by Crippen LogP contribution is 2.12. The lowest BCUT2D eigenvalue weighted by molar-refractivity contribution is -0.167. The number of esters is 3. The fourth-order valence-electron chi connectivity index (χ4n) is 6.58. The number of carbonyl (C=O) groups is 3. The third kappa shape index (κ3) is 50.7. The predicted molar refractivity (Wildman–Crippen MR) is 279 cm³/mol. The molecule has 1 atom stereocenters. The Kier molecular flexibility index (Phi) is 49.1. The number of ether oxygens (including phenoxy) is 3. The third-order valence-electron chi connectivity index (χ3n) is 10.4. The fraction of sp³-hybridized carbons (Fsp3) is 0.610. The molecule has 6 nitrogen and oxygen atoms in total. The molecule has 0 saturated carbocycles. The van der Waals surface area contributed by atoms with E-state index in [1.54, 1.807) is 0 Å². The van der Waals surface area contributed by atoms with Crippen LogP contribution in [0, 0.1) is 0 Å². The second-order valence-electron chi connectivity index (χ2n) is 16.7. The molecular weight excluding hydrogens is 805 g/mol. The highest BCUT2D eigenvalue weighted by atomic mass is 16.6. The first kappa shape index (κ1) is 60.8. The van der Waals surface area contributed by atoms with E-state index < -0.39 is 6.10 Å². The lowest BCUT2D eigenvalue weighted by atomic mass is 10.1. The summed E-state index contributed by atoms with van der Waals surface area (Å²) in [4.78, 5) is 38.0. The standard InChI is InChI=1S/C59H94O6/c1-4-7-10-13-16-19-22-25-27-29-31-34-37-40-43-46-49-52-58(61)64-55-56(54-63-57(60)51-48-45-42-39-36-33-24-21-18-15-12-9-6-3)65-59(62)53-50-47-44-41-38-35-32-30-28-26-23-20-17-14-11-8-5-2/h7-8,10-11,16-17,19-21,24-28,31-32,34-35,41,44,56H,4-6,9,12-15,18,22-23,29-30,33,36-40,42-43,45-55H2,1-3H3/b10-7-,11-8-,19-16-,20-17-,24-21-,27-25-,28-26-,34-31-,35-32-,44-41-/t56-/m0/s1. The lowest BCUT2D eigenvalue weighted by Crippen LogP contribution is -2.30. The highest BCUT2D eigenvalue weighted by Gasteiger charge is 2.19. The largest absolute Gasteiger partial charge is 0.462 e. The van der Waals surface area contributed by atoms with Gasteiger partial charge in [-0.25, -0.2) is 0 Å². The number of hydrogen-bond donors (Lipinski definition) is 0. The Labute approximate surface area is 399 Å². The smallest absolute Gasteiger partial charge is 0.306 e. The van der Waals surface area contributed by atoms with Crippen LogP contribution in [0.5, 0.6) is 0 Å². The quantitative estimate of drug-likeness (QED) is 0.0262. The highest BCUT2D eigenvalue weighted by molar-refractivity contribution is 5.71. The summed E-state index contributed by atoms with van der Waals surface area (Å²) in [5.41, 5.74) is 0. The zero-order valence-corrected chi connectivity index (χ0v) is 41.7. The van der Waals surface area contributed by atoms with Gasteiger partial charge in [-0.05, 0) is 122 Å². The lowest BCUT2D eigenvalue weighted by Gasteiger charge is -2.18. The van der Waals surface area contributed by atoms with Gasteiger partial charge in [-0.2, -0.15) is 0 Å². The van der Waals surface area contributed by atoms with Crippen LogP contribution in [0.4, 0.5) is 0 Å². The summed E-state index contributed by atoms with van der Waals surface area (Å²) >= 11 is 0. The van der Waals surface area contributed by atoms with Crippen LogP contribution in [0.2, 0.25) is 0 Å². The number of unbranched alkanes of at least 4 members (excludes halogenated alkanes) is 14. The Balaban J connectivity index is 4.56. The van der Waals surface area contributed by atoms with Gasteiger partial charge in [-0.3, -0.25) is 14.4 Å². The molecule has 0 radical (unpaired) electrons. The van der Waals surface area contributed by atoms with Crippen LogP contribution < -0.4 is 0 Å². The molecular formula is C59H94O6. The van der Waals surface area contributed by atoms with Gasteiger partial charge in [0.1, 0.15) is 13.2 Å². The van der Waals surface area contributed by atoms with Gasteiger partial charge in [-0.1, -0.05) is 194 Å². The van der Waals surface area contributed by atoms with Gasteiger partial charge in [0.2, 0.25) is 0 Å². The first-order valence-corrected chi connectivity index (χ1v) is 26.0. The van der Waals surface area contributed by atoms with Crippen molar-refractivity contribution in [1.29, 1.82) is 0 Å². The fourth-order valence-corrected chi connectivity index (χ4v) is 6.58. The van der Waals surface area contributed by atoms with Crippen LogP contribution in [-0.2, 0) is 28.6 Å². The molecule has 0 N–H and O–H groups in total. The molecule has 0 aromatic heterocycles. The van der Waals surface area contributed by atoms with Crippen molar-refractivity contribution in [3.05, 3.63) is 122 Å². The van der Waals surface area contributed by atoms with E-state index in [4.69, 9.17) is 14.2 Å². The Bertz CT molecular complexity index is 1400. The molecule has 65 heavy (non-hydrogen) atoms. The van der Waals surface area contributed by atoms with E-state index in [-0.39, 0.29) is 37.5 Å².